The average molecular weight is 280 g/mol. The lowest BCUT2D eigenvalue weighted by Crippen LogP contribution is -2.38. The van der Waals surface area contributed by atoms with E-state index in [-0.39, 0.29) is 12.8 Å². The normalized spacial score (nSPS) is 10.2. The number of rotatable bonds is 8. The lowest BCUT2D eigenvalue weighted by molar-refractivity contribution is 0.145. The molecule has 0 saturated carbocycles. The lowest BCUT2D eigenvalue weighted by Gasteiger charge is -2.10. The third kappa shape index (κ3) is 6.43. The van der Waals surface area contributed by atoms with Crippen LogP contribution in [0.15, 0.2) is 18.2 Å². The minimum Gasteiger partial charge on any atom is -0.473 e. The molecule has 0 heterocycles. The van der Waals surface area contributed by atoms with Crippen LogP contribution in [0.2, 0.25) is 0 Å². The van der Waals surface area contributed by atoms with E-state index in [1.165, 1.54) is 11.1 Å². The lowest BCUT2D eigenvalue weighted by atomic mass is 10.1. The first-order valence-electron chi connectivity index (χ1n) is 6.93. The van der Waals surface area contributed by atoms with E-state index in [1.54, 1.807) is 0 Å². The van der Waals surface area contributed by atoms with Crippen molar-refractivity contribution in [3.8, 4) is 5.75 Å². The molecule has 1 aromatic carbocycles. The number of carbonyl (C=O) groups excluding carboxylic acids is 1. The molecule has 2 N–H and O–H groups in total. The Labute approximate surface area is 120 Å². The second-order valence-electron chi connectivity index (χ2n) is 4.52. The predicted molar refractivity (Wildman–Crippen MR) is 79.1 cm³/mol. The molecule has 0 aliphatic heterocycles. The van der Waals surface area contributed by atoms with Gasteiger partial charge in [-0.1, -0.05) is 6.07 Å². The van der Waals surface area contributed by atoms with Crippen LogP contribution in [0.4, 0.5) is 4.79 Å². The fourth-order valence-corrected chi connectivity index (χ4v) is 1.57. The molecule has 0 aliphatic rings. The molecule has 1 rings (SSSR count). The summed E-state index contributed by atoms with van der Waals surface area (Å²) in [6, 6.07) is 5.62. The van der Waals surface area contributed by atoms with Crippen molar-refractivity contribution < 1.29 is 14.3 Å². The molecule has 5 heteroatoms. The van der Waals surface area contributed by atoms with Crippen LogP contribution in [0, 0.1) is 13.8 Å². The Kier molecular flexibility index (Phi) is 7.50. The largest absolute Gasteiger partial charge is 0.473 e. The molecule has 112 valence electrons. The van der Waals surface area contributed by atoms with E-state index < -0.39 is 0 Å². The summed E-state index contributed by atoms with van der Waals surface area (Å²) in [6.45, 7) is 8.14. The Bertz CT molecular complexity index is 422. The summed E-state index contributed by atoms with van der Waals surface area (Å²) in [7, 11) is 0. The van der Waals surface area contributed by atoms with Gasteiger partial charge in [0, 0.05) is 19.8 Å². The number of hydrogen-bond acceptors (Lipinski definition) is 3. The molecule has 0 atom stereocenters. The van der Waals surface area contributed by atoms with Crippen molar-refractivity contribution >= 4 is 6.03 Å². The zero-order chi connectivity index (χ0) is 14.8. The van der Waals surface area contributed by atoms with E-state index in [2.05, 4.69) is 10.6 Å². The number of amides is 2. The van der Waals surface area contributed by atoms with Gasteiger partial charge in [0.1, 0.15) is 5.75 Å². The molecule has 1 aromatic rings. The highest BCUT2D eigenvalue weighted by Crippen LogP contribution is 2.15. The van der Waals surface area contributed by atoms with Crippen LogP contribution in [-0.4, -0.2) is 32.5 Å². The quantitative estimate of drug-likeness (QED) is 0.568. The number of benzene rings is 1. The molecular weight excluding hydrogens is 256 g/mol. The summed E-state index contributed by atoms with van der Waals surface area (Å²) in [6.07, 6.45) is 0.805. The highest BCUT2D eigenvalue weighted by Gasteiger charge is 2.00. The third-order valence-electron chi connectivity index (χ3n) is 2.91. The van der Waals surface area contributed by atoms with Crippen LogP contribution < -0.4 is 15.4 Å². The summed E-state index contributed by atoms with van der Waals surface area (Å²) in [5.74, 6) is 0.754. The first-order chi connectivity index (χ1) is 9.63. The molecule has 0 aliphatic carbocycles. The van der Waals surface area contributed by atoms with E-state index in [0.717, 1.165) is 12.2 Å². The number of nitrogens with one attached hydrogen (secondary N) is 2. The smallest absolute Gasteiger partial charge is 0.317 e. The van der Waals surface area contributed by atoms with Gasteiger partial charge < -0.3 is 20.1 Å². The van der Waals surface area contributed by atoms with Gasteiger partial charge in [0.25, 0.3) is 0 Å². The van der Waals surface area contributed by atoms with Gasteiger partial charge in [-0.3, -0.25) is 0 Å². The maximum Gasteiger partial charge on any atom is 0.317 e. The van der Waals surface area contributed by atoms with Crippen molar-refractivity contribution in [1.82, 2.24) is 10.6 Å². The zero-order valence-electron chi connectivity index (χ0n) is 12.5. The Morgan fingerprint density at radius 1 is 1.20 bits per heavy atom. The van der Waals surface area contributed by atoms with Gasteiger partial charge in [-0.05, 0) is 50.5 Å². The predicted octanol–water partition coefficient (Wildman–Crippen LogP) is 2.37. The molecule has 0 fully saturated rings. The molecule has 0 saturated heterocycles. The van der Waals surface area contributed by atoms with Crippen molar-refractivity contribution in [2.75, 3.05) is 26.5 Å². The summed E-state index contributed by atoms with van der Waals surface area (Å²) in [4.78, 5) is 11.4. The fourth-order valence-electron chi connectivity index (χ4n) is 1.57. The van der Waals surface area contributed by atoms with Crippen LogP contribution in [0.25, 0.3) is 0 Å². The Morgan fingerprint density at radius 2 is 2.00 bits per heavy atom. The second-order valence-corrected chi connectivity index (χ2v) is 4.52. The number of hydrogen-bond donors (Lipinski definition) is 2. The SMILES string of the molecule is CCOCCCNC(=O)NCOc1ccc(C)c(C)c1. The van der Waals surface area contributed by atoms with Gasteiger partial charge in [-0.25, -0.2) is 4.79 Å². The van der Waals surface area contributed by atoms with Crippen molar-refractivity contribution in [1.29, 1.82) is 0 Å². The third-order valence-corrected chi connectivity index (χ3v) is 2.91. The highest BCUT2D eigenvalue weighted by molar-refractivity contribution is 5.73. The topological polar surface area (TPSA) is 59.6 Å². The Hall–Kier alpha value is -1.75. The van der Waals surface area contributed by atoms with E-state index in [9.17, 15) is 4.79 Å². The van der Waals surface area contributed by atoms with Crippen LogP contribution >= 0.6 is 0 Å². The van der Waals surface area contributed by atoms with Crippen molar-refractivity contribution in [3.05, 3.63) is 29.3 Å². The summed E-state index contributed by atoms with van der Waals surface area (Å²) in [5.41, 5.74) is 2.39. The molecule has 2 amide bonds. The van der Waals surface area contributed by atoms with Crippen molar-refractivity contribution in [2.24, 2.45) is 0 Å². The van der Waals surface area contributed by atoms with E-state index in [1.807, 2.05) is 39.0 Å². The summed E-state index contributed by atoms with van der Waals surface area (Å²) >= 11 is 0. The molecule has 0 spiro atoms. The number of ether oxygens (including phenoxy) is 2. The number of urea groups is 1. The molecular formula is C15H24N2O3. The minimum absolute atomic E-state index is 0.153. The van der Waals surface area contributed by atoms with Gasteiger partial charge in [-0.15, -0.1) is 0 Å². The van der Waals surface area contributed by atoms with Crippen LogP contribution in [0.1, 0.15) is 24.5 Å². The van der Waals surface area contributed by atoms with E-state index in [0.29, 0.717) is 19.8 Å². The summed E-state index contributed by atoms with van der Waals surface area (Å²) < 4.78 is 10.6. The molecule has 0 radical (unpaired) electrons. The molecule has 0 bridgehead atoms. The maximum atomic E-state index is 11.4. The number of aryl methyl sites for hydroxylation is 2. The minimum atomic E-state index is -0.231. The number of carbonyl (C=O) groups is 1. The second kappa shape index (κ2) is 9.20. The van der Waals surface area contributed by atoms with Gasteiger partial charge in [-0.2, -0.15) is 0 Å². The van der Waals surface area contributed by atoms with Gasteiger partial charge in [0.15, 0.2) is 6.73 Å². The first-order valence-corrected chi connectivity index (χ1v) is 6.93. The zero-order valence-corrected chi connectivity index (χ0v) is 12.5. The first kappa shape index (κ1) is 16.3. The van der Waals surface area contributed by atoms with Crippen LogP contribution in [0.3, 0.4) is 0 Å². The van der Waals surface area contributed by atoms with Crippen molar-refractivity contribution in [2.45, 2.75) is 27.2 Å². The molecule has 20 heavy (non-hydrogen) atoms. The monoisotopic (exact) mass is 280 g/mol. The highest BCUT2D eigenvalue weighted by atomic mass is 16.5. The van der Waals surface area contributed by atoms with E-state index in [4.69, 9.17) is 9.47 Å². The van der Waals surface area contributed by atoms with Gasteiger partial charge in [0.2, 0.25) is 0 Å². The maximum absolute atomic E-state index is 11.4. The summed E-state index contributed by atoms with van der Waals surface area (Å²) in [5, 5.41) is 5.38. The average Bonchev–Trinajstić information content (AvgIpc) is 2.42. The van der Waals surface area contributed by atoms with Crippen LogP contribution in [-0.2, 0) is 4.74 Å². The standard InChI is InChI=1S/C15H24N2O3/c1-4-19-9-5-8-16-15(18)17-11-20-14-7-6-12(2)13(3)10-14/h6-7,10H,4-5,8-9,11H2,1-3H3,(H2,16,17,18). The van der Waals surface area contributed by atoms with Crippen molar-refractivity contribution in [3.63, 3.8) is 0 Å². The molecule has 5 nitrogen and oxygen atoms in total. The Morgan fingerprint density at radius 3 is 2.70 bits per heavy atom. The van der Waals surface area contributed by atoms with Gasteiger partial charge >= 0.3 is 6.03 Å². The van der Waals surface area contributed by atoms with Crippen LogP contribution in [0.5, 0.6) is 5.75 Å². The van der Waals surface area contributed by atoms with E-state index >= 15 is 0 Å². The fraction of sp³-hybridized carbons (Fsp3) is 0.533. The van der Waals surface area contributed by atoms with Gasteiger partial charge in [0.05, 0.1) is 0 Å². The Balaban J connectivity index is 2.13. The molecule has 0 unspecified atom stereocenters. The molecule has 0 aromatic heterocycles.